The molecule has 0 aliphatic carbocycles. The van der Waals surface area contributed by atoms with E-state index in [1.165, 1.54) is 18.2 Å². The maximum Gasteiger partial charge on any atom is 0.132 e. The Hall–Kier alpha value is -1.39. The lowest BCUT2D eigenvalue weighted by Crippen LogP contribution is -1.95. The van der Waals surface area contributed by atoms with Gasteiger partial charge in [-0.05, 0) is 24.3 Å². The molecule has 0 saturated heterocycles. The highest BCUT2D eigenvalue weighted by molar-refractivity contribution is 6.30. The number of hydrogen-bond acceptors (Lipinski definition) is 2. The lowest BCUT2D eigenvalue weighted by atomic mass is 10.1. The van der Waals surface area contributed by atoms with Crippen molar-refractivity contribution in [2.75, 3.05) is 0 Å². The van der Waals surface area contributed by atoms with E-state index in [9.17, 15) is 4.39 Å². The molecule has 0 aliphatic rings. The van der Waals surface area contributed by atoms with Crippen LogP contribution in [-0.4, -0.2) is 10.2 Å². The summed E-state index contributed by atoms with van der Waals surface area (Å²) >= 11 is 5.78. The maximum absolute atomic E-state index is 13.4. The lowest BCUT2D eigenvalue weighted by Gasteiger charge is -1.98. The smallest absolute Gasteiger partial charge is 0.132 e. The van der Waals surface area contributed by atoms with Crippen LogP contribution in [0, 0.1) is 5.82 Å². The average Bonchev–Trinajstić information content (AvgIpc) is 2.70. The number of nitrogens with one attached hydrogen (secondary N) is 1. The van der Waals surface area contributed by atoms with Crippen molar-refractivity contribution in [1.82, 2.24) is 10.2 Å². The fourth-order valence-corrected chi connectivity index (χ4v) is 1.47. The van der Waals surface area contributed by atoms with Gasteiger partial charge in [0.15, 0.2) is 0 Å². The second-order valence-electron chi connectivity index (χ2n) is 3.11. The number of hydrogen-bond donors (Lipinski definition) is 2. The Morgan fingerprint density at radius 3 is 2.87 bits per heavy atom. The van der Waals surface area contributed by atoms with E-state index in [0.717, 1.165) is 5.69 Å². The normalized spacial score (nSPS) is 10.6. The molecule has 0 atom stereocenters. The molecule has 2 aromatic rings. The third-order valence-electron chi connectivity index (χ3n) is 2.06. The highest BCUT2D eigenvalue weighted by atomic mass is 35.5. The Morgan fingerprint density at radius 1 is 1.40 bits per heavy atom. The summed E-state index contributed by atoms with van der Waals surface area (Å²) in [5, 5.41) is 7.15. The van der Waals surface area contributed by atoms with Gasteiger partial charge in [-0.3, -0.25) is 5.10 Å². The van der Waals surface area contributed by atoms with Crippen molar-refractivity contribution < 1.29 is 4.39 Å². The van der Waals surface area contributed by atoms with Crippen molar-refractivity contribution in [3.63, 3.8) is 0 Å². The molecule has 0 amide bonds. The first kappa shape index (κ1) is 10.1. The van der Waals surface area contributed by atoms with E-state index in [0.29, 0.717) is 22.8 Å². The average molecular weight is 226 g/mol. The van der Waals surface area contributed by atoms with E-state index in [2.05, 4.69) is 10.2 Å². The molecule has 1 aromatic carbocycles. The van der Waals surface area contributed by atoms with Gasteiger partial charge >= 0.3 is 0 Å². The van der Waals surface area contributed by atoms with Crippen LogP contribution in [-0.2, 0) is 6.54 Å². The third-order valence-corrected chi connectivity index (χ3v) is 2.29. The first-order valence-electron chi connectivity index (χ1n) is 4.40. The van der Waals surface area contributed by atoms with E-state index in [-0.39, 0.29) is 5.82 Å². The van der Waals surface area contributed by atoms with Crippen LogP contribution in [0.5, 0.6) is 0 Å². The van der Waals surface area contributed by atoms with Gasteiger partial charge in [0.2, 0.25) is 0 Å². The molecule has 0 bridgehead atoms. The molecule has 0 unspecified atom stereocenters. The second kappa shape index (κ2) is 4.00. The van der Waals surface area contributed by atoms with Gasteiger partial charge in [0.1, 0.15) is 5.82 Å². The van der Waals surface area contributed by atoms with Gasteiger partial charge in [-0.25, -0.2) is 4.39 Å². The van der Waals surface area contributed by atoms with Crippen LogP contribution < -0.4 is 5.73 Å². The molecule has 0 fully saturated rings. The highest BCUT2D eigenvalue weighted by Crippen LogP contribution is 2.24. The van der Waals surface area contributed by atoms with Crippen LogP contribution in [0.4, 0.5) is 4.39 Å². The van der Waals surface area contributed by atoms with Crippen molar-refractivity contribution in [2.45, 2.75) is 6.54 Å². The Balaban J connectivity index is 2.48. The van der Waals surface area contributed by atoms with E-state index < -0.39 is 0 Å². The van der Waals surface area contributed by atoms with E-state index in [1.807, 2.05) is 0 Å². The van der Waals surface area contributed by atoms with E-state index >= 15 is 0 Å². The summed E-state index contributed by atoms with van der Waals surface area (Å²) in [6.07, 6.45) is 0. The van der Waals surface area contributed by atoms with Gasteiger partial charge in [0.25, 0.3) is 0 Å². The maximum atomic E-state index is 13.4. The monoisotopic (exact) mass is 225 g/mol. The van der Waals surface area contributed by atoms with Crippen molar-refractivity contribution in [1.29, 1.82) is 0 Å². The first-order chi connectivity index (χ1) is 7.20. The van der Waals surface area contributed by atoms with Gasteiger partial charge in [-0.15, -0.1) is 0 Å². The molecule has 1 heterocycles. The van der Waals surface area contributed by atoms with Crippen LogP contribution in [0.15, 0.2) is 24.3 Å². The van der Waals surface area contributed by atoms with Gasteiger partial charge in [-0.1, -0.05) is 11.6 Å². The summed E-state index contributed by atoms with van der Waals surface area (Å²) in [5.74, 6) is -0.352. The van der Waals surface area contributed by atoms with Crippen molar-refractivity contribution in [3.8, 4) is 11.3 Å². The Labute approximate surface area is 91.1 Å². The quantitative estimate of drug-likeness (QED) is 0.824. The Bertz CT molecular complexity index is 481. The minimum absolute atomic E-state index is 0.342. The van der Waals surface area contributed by atoms with Gasteiger partial charge in [0.05, 0.1) is 5.69 Å². The molecule has 15 heavy (non-hydrogen) atoms. The van der Waals surface area contributed by atoms with Gasteiger partial charge in [-0.2, -0.15) is 5.10 Å². The van der Waals surface area contributed by atoms with Crippen LogP contribution in [0.2, 0.25) is 5.02 Å². The molecule has 0 saturated carbocycles. The zero-order valence-corrected chi connectivity index (χ0v) is 8.55. The first-order valence-corrected chi connectivity index (χ1v) is 4.78. The molecule has 3 N–H and O–H groups in total. The SMILES string of the molecule is NCc1cc(-c2cc(Cl)ccc2F)n[nH]1. The molecule has 78 valence electrons. The summed E-state index contributed by atoms with van der Waals surface area (Å²) in [5.41, 5.74) is 7.06. The molecule has 1 aromatic heterocycles. The zero-order valence-electron chi connectivity index (χ0n) is 7.80. The Kier molecular flexibility index (Phi) is 2.70. The molecule has 0 aliphatic heterocycles. The summed E-state index contributed by atoms with van der Waals surface area (Å²) < 4.78 is 13.4. The molecular weight excluding hydrogens is 217 g/mol. The second-order valence-corrected chi connectivity index (χ2v) is 3.54. The van der Waals surface area contributed by atoms with E-state index in [4.69, 9.17) is 17.3 Å². The predicted molar refractivity (Wildman–Crippen MR) is 56.9 cm³/mol. The molecule has 5 heteroatoms. The van der Waals surface area contributed by atoms with E-state index in [1.54, 1.807) is 6.07 Å². The minimum Gasteiger partial charge on any atom is -0.325 e. The topological polar surface area (TPSA) is 54.7 Å². The number of aromatic amines is 1. The zero-order chi connectivity index (χ0) is 10.8. The highest BCUT2D eigenvalue weighted by Gasteiger charge is 2.09. The van der Waals surface area contributed by atoms with Crippen LogP contribution in [0.3, 0.4) is 0 Å². The van der Waals surface area contributed by atoms with Crippen molar-refractivity contribution >= 4 is 11.6 Å². The van der Waals surface area contributed by atoms with Gasteiger partial charge in [0, 0.05) is 22.8 Å². The van der Waals surface area contributed by atoms with Crippen LogP contribution >= 0.6 is 11.6 Å². The number of H-pyrrole nitrogens is 1. The molecule has 0 radical (unpaired) electrons. The minimum atomic E-state index is -0.352. The predicted octanol–water partition coefficient (Wildman–Crippen LogP) is 2.33. The number of aromatic nitrogens is 2. The summed E-state index contributed by atoms with van der Waals surface area (Å²) in [4.78, 5) is 0. The molecule has 3 nitrogen and oxygen atoms in total. The number of halogens is 2. The number of nitrogens with zero attached hydrogens (tertiary/aromatic N) is 1. The number of nitrogens with two attached hydrogens (primary N) is 1. The standard InChI is InChI=1S/C10H9ClFN3/c11-6-1-2-9(12)8(3-6)10-4-7(5-13)14-15-10/h1-4H,5,13H2,(H,14,15). The third kappa shape index (κ3) is 2.00. The molecule has 0 spiro atoms. The fourth-order valence-electron chi connectivity index (χ4n) is 1.30. The van der Waals surface area contributed by atoms with Crippen molar-refractivity contribution in [2.24, 2.45) is 5.73 Å². The van der Waals surface area contributed by atoms with Gasteiger partial charge < -0.3 is 5.73 Å². The summed E-state index contributed by atoms with van der Waals surface area (Å²) in [6.45, 7) is 0.342. The summed E-state index contributed by atoms with van der Waals surface area (Å²) in [6, 6.07) is 6.05. The summed E-state index contributed by atoms with van der Waals surface area (Å²) in [7, 11) is 0. The fraction of sp³-hybridized carbons (Fsp3) is 0.100. The number of benzene rings is 1. The Morgan fingerprint density at radius 2 is 2.20 bits per heavy atom. The van der Waals surface area contributed by atoms with Crippen LogP contribution in [0.25, 0.3) is 11.3 Å². The lowest BCUT2D eigenvalue weighted by molar-refractivity contribution is 0.630. The van der Waals surface area contributed by atoms with Crippen molar-refractivity contribution in [3.05, 3.63) is 40.8 Å². The molecular formula is C10H9ClFN3. The number of rotatable bonds is 2. The molecule has 2 rings (SSSR count). The largest absolute Gasteiger partial charge is 0.325 e. The van der Waals surface area contributed by atoms with Crippen LogP contribution in [0.1, 0.15) is 5.69 Å².